The zero-order chi connectivity index (χ0) is 19.7. The predicted octanol–water partition coefficient (Wildman–Crippen LogP) is 4.76. The molecule has 4 nitrogen and oxygen atoms in total. The summed E-state index contributed by atoms with van der Waals surface area (Å²) in [6.45, 7) is 2.41. The highest BCUT2D eigenvalue weighted by atomic mass is 35.5. The van der Waals surface area contributed by atoms with E-state index in [2.05, 4.69) is 0 Å². The third-order valence-corrected chi connectivity index (χ3v) is 6.20. The van der Waals surface area contributed by atoms with Gasteiger partial charge in [-0.3, -0.25) is 9.59 Å². The average Bonchev–Trinajstić information content (AvgIpc) is 2.93. The Labute approximate surface area is 169 Å². The Balaban J connectivity index is 1.44. The summed E-state index contributed by atoms with van der Waals surface area (Å²) in [6.07, 6.45) is 2.45. The second-order valence-corrected chi connectivity index (χ2v) is 8.09. The lowest BCUT2D eigenvalue weighted by atomic mass is 9.76. The molecule has 1 spiro atoms. The smallest absolute Gasteiger partial charge is 0.322 e. The highest BCUT2D eigenvalue weighted by Gasteiger charge is 2.57. The van der Waals surface area contributed by atoms with Gasteiger partial charge in [0, 0.05) is 5.02 Å². The minimum atomic E-state index is -1.03. The Kier molecular flexibility index (Phi) is 5.26. The summed E-state index contributed by atoms with van der Waals surface area (Å²) >= 11 is 6.31. The lowest BCUT2D eigenvalue weighted by Crippen LogP contribution is -2.42. The average molecular weight is 399 g/mol. The van der Waals surface area contributed by atoms with Crippen LogP contribution >= 0.6 is 11.6 Å². The van der Waals surface area contributed by atoms with Gasteiger partial charge in [0.15, 0.2) is 11.4 Å². The maximum Gasteiger partial charge on any atom is 0.322 e. The SMILES string of the molecule is Cc1cccc(Cl)c1C1C(=O)OC2(CCC(OCc3ccccc3)CC2)C1=O. The van der Waals surface area contributed by atoms with Crippen LogP contribution in [0.5, 0.6) is 0 Å². The molecule has 1 unspecified atom stereocenters. The molecule has 1 saturated heterocycles. The summed E-state index contributed by atoms with van der Waals surface area (Å²) in [5.74, 6) is -1.56. The van der Waals surface area contributed by atoms with E-state index in [1.807, 2.05) is 49.4 Å². The Bertz CT molecular complexity index is 864. The van der Waals surface area contributed by atoms with Crippen molar-refractivity contribution in [2.75, 3.05) is 0 Å². The first-order valence-electron chi connectivity index (χ1n) is 9.68. The molecule has 0 N–H and O–H groups in total. The van der Waals surface area contributed by atoms with Crippen molar-refractivity contribution < 1.29 is 19.1 Å². The summed E-state index contributed by atoms with van der Waals surface area (Å²) < 4.78 is 11.7. The van der Waals surface area contributed by atoms with E-state index in [0.717, 1.165) is 11.1 Å². The van der Waals surface area contributed by atoms with Crippen LogP contribution in [-0.4, -0.2) is 23.5 Å². The Hall–Kier alpha value is -2.17. The molecule has 0 aromatic heterocycles. The standard InChI is InChI=1S/C23H23ClO4/c1-15-6-5-9-18(24)19(15)20-21(25)23(28-22(20)26)12-10-17(11-13-23)27-14-16-7-3-2-4-8-16/h2-9,17,20H,10-14H2,1H3. The Morgan fingerprint density at radius 1 is 1.07 bits per heavy atom. The van der Waals surface area contributed by atoms with Crippen molar-refractivity contribution in [2.45, 2.75) is 56.8 Å². The normalized spacial score (nSPS) is 27.2. The Morgan fingerprint density at radius 3 is 2.46 bits per heavy atom. The monoisotopic (exact) mass is 398 g/mol. The van der Waals surface area contributed by atoms with Gasteiger partial charge in [-0.15, -0.1) is 0 Å². The molecule has 4 rings (SSSR count). The molecular formula is C23H23ClO4. The second-order valence-electron chi connectivity index (χ2n) is 7.68. The van der Waals surface area contributed by atoms with Gasteiger partial charge in [0.05, 0.1) is 12.7 Å². The third-order valence-electron chi connectivity index (χ3n) is 5.87. The number of Topliss-reactive ketones (excluding diaryl/α,β-unsaturated/α-hetero) is 1. The van der Waals surface area contributed by atoms with Crippen molar-refractivity contribution in [3.8, 4) is 0 Å². The van der Waals surface area contributed by atoms with Crippen LogP contribution in [0, 0.1) is 6.92 Å². The molecule has 5 heteroatoms. The first-order chi connectivity index (χ1) is 13.5. The molecule has 146 valence electrons. The molecular weight excluding hydrogens is 376 g/mol. The second kappa shape index (κ2) is 7.69. The molecule has 1 saturated carbocycles. The molecule has 1 aliphatic heterocycles. The van der Waals surface area contributed by atoms with Gasteiger partial charge in [-0.25, -0.2) is 0 Å². The number of hydrogen-bond donors (Lipinski definition) is 0. The minimum Gasteiger partial charge on any atom is -0.450 e. The molecule has 0 amide bonds. The molecule has 2 fully saturated rings. The number of carbonyl (C=O) groups is 2. The van der Waals surface area contributed by atoms with Gasteiger partial charge < -0.3 is 9.47 Å². The Morgan fingerprint density at radius 2 is 1.79 bits per heavy atom. The van der Waals surface area contributed by atoms with E-state index in [1.54, 1.807) is 6.07 Å². The van der Waals surface area contributed by atoms with Crippen LogP contribution in [0.4, 0.5) is 0 Å². The number of hydrogen-bond acceptors (Lipinski definition) is 4. The molecule has 1 heterocycles. The van der Waals surface area contributed by atoms with E-state index in [-0.39, 0.29) is 11.9 Å². The number of aryl methyl sites for hydroxylation is 1. The van der Waals surface area contributed by atoms with Gasteiger partial charge in [-0.05, 0) is 55.4 Å². The van der Waals surface area contributed by atoms with Crippen molar-refractivity contribution in [3.05, 3.63) is 70.2 Å². The van der Waals surface area contributed by atoms with E-state index in [9.17, 15) is 9.59 Å². The van der Waals surface area contributed by atoms with Gasteiger partial charge >= 0.3 is 5.97 Å². The van der Waals surface area contributed by atoms with E-state index in [0.29, 0.717) is 42.9 Å². The van der Waals surface area contributed by atoms with Crippen LogP contribution in [0.2, 0.25) is 5.02 Å². The van der Waals surface area contributed by atoms with Crippen molar-refractivity contribution in [2.24, 2.45) is 0 Å². The van der Waals surface area contributed by atoms with Crippen molar-refractivity contribution in [1.82, 2.24) is 0 Å². The number of esters is 1. The molecule has 1 aliphatic carbocycles. The summed E-state index contributed by atoms with van der Waals surface area (Å²) in [7, 11) is 0. The minimum absolute atomic E-state index is 0.0680. The zero-order valence-corrected chi connectivity index (χ0v) is 16.6. The third kappa shape index (κ3) is 3.47. The van der Waals surface area contributed by atoms with Crippen molar-refractivity contribution >= 4 is 23.4 Å². The van der Waals surface area contributed by atoms with Crippen LogP contribution in [0.25, 0.3) is 0 Å². The fourth-order valence-corrected chi connectivity index (χ4v) is 4.62. The molecule has 0 bridgehead atoms. The quantitative estimate of drug-likeness (QED) is 0.550. The van der Waals surface area contributed by atoms with Gasteiger partial charge in [0.1, 0.15) is 5.92 Å². The number of carbonyl (C=O) groups excluding carboxylic acids is 2. The van der Waals surface area contributed by atoms with Crippen LogP contribution in [0.1, 0.15) is 48.3 Å². The fourth-order valence-electron chi connectivity index (χ4n) is 4.29. The molecule has 1 atom stereocenters. The summed E-state index contributed by atoms with van der Waals surface area (Å²) in [6, 6.07) is 15.4. The van der Waals surface area contributed by atoms with Crippen molar-refractivity contribution in [1.29, 1.82) is 0 Å². The highest BCUT2D eigenvalue weighted by molar-refractivity contribution is 6.32. The van der Waals surface area contributed by atoms with Crippen LogP contribution in [-0.2, 0) is 25.7 Å². The largest absolute Gasteiger partial charge is 0.450 e. The molecule has 0 radical (unpaired) electrons. The molecule has 28 heavy (non-hydrogen) atoms. The van der Waals surface area contributed by atoms with Crippen LogP contribution in [0.3, 0.4) is 0 Å². The van der Waals surface area contributed by atoms with Gasteiger partial charge in [0.2, 0.25) is 0 Å². The first kappa shape index (κ1) is 19.2. The maximum atomic E-state index is 13.2. The molecule has 2 aromatic carbocycles. The zero-order valence-electron chi connectivity index (χ0n) is 15.8. The summed E-state index contributed by atoms with van der Waals surface area (Å²) in [4.78, 5) is 25.9. The van der Waals surface area contributed by atoms with E-state index in [1.165, 1.54) is 0 Å². The highest BCUT2D eigenvalue weighted by Crippen LogP contribution is 2.45. The topological polar surface area (TPSA) is 52.6 Å². The molecule has 2 aromatic rings. The first-order valence-corrected chi connectivity index (χ1v) is 10.1. The molecule has 2 aliphatic rings. The number of benzene rings is 2. The number of ketones is 1. The predicted molar refractivity (Wildman–Crippen MR) is 106 cm³/mol. The number of halogens is 1. The van der Waals surface area contributed by atoms with Gasteiger partial charge in [-0.1, -0.05) is 54.1 Å². The van der Waals surface area contributed by atoms with E-state index in [4.69, 9.17) is 21.1 Å². The maximum absolute atomic E-state index is 13.2. The van der Waals surface area contributed by atoms with Gasteiger partial charge in [0.25, 0.3) is 0 Å². The number of rotatable bonds is 4. The number of ether oxygens (including phenoxy) is 2. The van der Waals surface area contributed by atoms with Crippen molar-refractivity contribution in [3.63, 3.8) is 0 Å². The van der Waals surface area contributed by atoms with Crippen LogP contribution < -0.4 is 0 Å². The summed E-state index contributed by atoms with van der Waals surface area (Å²) in [5.41, 5.74) is 1.51. The fraction of sp³-hybridized carbons (Fsp3) is 0.391. The van der Waals surface area contributed by atoms with Gasteiger partial charge in [-0.2, -0.15) is 0 Å². The summed E-state index contributed by atoms with van der Waals surface area (Å²) in [5, 5.41) is 0.437. The van der Waals surface area contributed by atoms with Crippen LogP contribution in [0.15, 0.2) is 48.5 Å². The lowest BCUT2D eigenvalue weighted by Gasteiger charge is -2.34. The van der Waals surface area contributed by atoms with E-state index < -0.39 is 17.5 Å². The lowest BCUT2D eigenvalue weighted by molar-refractivity contribution is -0.158. The van der Waals surface area contributed by atoms with E-state index >= 15 is 0 Å².